The minimum absolute atomic E-state index is 0.0504. The summed E-state index contributed by atoms with van der Waals surface area (Å²) in [6, 6.07) is 14.2. The highest BCUT2D eigenvalue weighted by atomic mass is 16.2. The van der Waals surface area contributed by atoms with Crippen molar-refractivity contribution in [2.24, 2.45) is 11.1 Å². The second-order valence-electron chi connectivity index (χ2n) is 7.66. The molecule has 0 bridgehead atoms. The summed E-state index contributed by atoms with van der Waals surface area (Å²) in [5.41, 5.74) is 7.61. The van der Waals surface area contributed by atoms with Gasteiger partial charge in [-0.1, -0.05) is 44.2 Å². The van der Waals surface area contributed by atoms with Gasteiger partial charge >= 0.3 is 0 Å². The average Bonchev–Trinajstić information content (AvgIpc) is 2.62. The van der Waals surface area contributed by atoms with Gasteiger partial charge in [0.25, 0.3) is 5.91 Å². The summed E-state index contributed by atoms with van der Waals surface area (Å²) < 4.78 is 0. The topological polar surface area (TPSA) is 59.2 Å². The Balaban J connectivity index is 1.84. The number of rotatable bonds is 1. The molecule has 0 spiro atoms. The molecular weight excluding hydrogens is 310 g/mol. The third kappa shape index (κ3) is 2.67. The maximum Gasteiger partial charge on any atom is 0.256 e. The fourth-order valence-corrected chi connectivity index (χ4v) is 3.81. The van der Waals surface area contributed by atoms with E-state index in [1.165, 1.54) is 0 Å². The Hall–Kier alpha value is -2.46. The zero-order chi connectivity index (χ0) is 17.6. The van der Waals surface area contributed by atoms with Gasteiger partial charge in [-0.15, -0.1) is 0 Å². The van der Waals surface area contributed by atoms with Crippen LogP contribution in [0.15, 0.2) is 48.7 Å². The van der Waals surface area contributed by atoms with Crippen LogP contribution in [0, 0.1) is 5.41 Å². The van der Waals surface area contributed by atoms with Crippen LogP contribution < -0.4 is 5.73 Å². The van der Waals surface area contributed by atoms with Crippen LogP contribution in [0.3, 0.4) is 0 Å². The number of amides is 1. The maximum absolute atomic E-state index is 13.3. The minimum atomic E-state index is -0.0754. The van der Waals surface area contributed by atoms with E-state index in [4.69, 9.17) is 5.73 Å². The molecule has 4 heteroatoms. The van der Waals surface area contributed by atoms with Gasteiger partial charge in [0.2, 0.25) is 0 Å². The first-order valence-corrected chi connectivity index (χ1v) is 8.79. The largest absolute Gasteiger partial charge is 0.338 e. The molecule has 0 aliphatic carbocycles. The van der Waals surface area contributed by atoms with E-state index in [0.717, 1.165) is 28.1 Å². The number of benzene rings is 2. The lowest BCUT2D eigenvalue weighted by Crippen LogP contribution is -2.54. The number of nitrogens with zero attached hydrogens (tertiary/aromatic N) is 2. The van der Waals surface area contributed by atoms with Crippen molar-refractivity contribution >= 4 is 27.6 Å². The Kier molecular flexibility index (Phi) is 3.73. The molecule has 1 aliphatic rings. The first kappa shape index (κ1) is 16.0. The fourth-order valence-electron chi connectivity index (χ4n) is 3.81. The number of carbonyl (C=O) groups excluding carboxylic acids is 1. The van der Waals surface area contributed by atoms with Crippen LogP contribution in [-0.4, -0.2) is 34.9 Å². The Morgan fingerprint density at radius 3 is 2.76 bits per heavy atom. The molecule has 2 aromatic carbocycles. The van der Waals surface area contributed by atoms with Crippen LogP contribution >= 0.6 is 0 Å². The summed E-state index contributed by atoms with van der Waals surface area (Å²) >= 11 is 0. The van der Waals surface area contributed by atoms with E-state index in [1.807, 2.05) is 35.2 Å². The number of piperidine rings is 1. The van der Waals surface area contributed by atoms with Gasteiger partial charge in [-0.2, -0.15) is 0 Å². The first-order valence-electron chi connectivity index (χ1n) is 8.79. The van der Waals surface area contributed by atoms with Gasteiger partial charge in [0, 0.05) is 30.7 Å². The van der Waals surface area contributed by atoms with Crippen LogP contribution in [0.25, 0.3) is 21.7 Å². The Morgan fingerprint density at radius 2 is 1.96 bits per heavy atom. The Labute approximate surface area is 147 Å². The van der Waals surface area contributed by atoms with Crippen LogP contribution in [-0.2, 0) is 0 Å². The van der Waals surface area contributed by atoms with E-state index >= 15 is 0 Å². The molecule has 128 valence electrons. The number of pyridine rings is 1. The van der Waals surface area contributed by atoms with Crippen molar-refractivity contribution in [3.8, 4) is 0 Å². The standard InChI is InChI=1S/C21H23N3O/c1-21(2)13-24(11-9-18(21)22)20(25)17-12-14-6-3-4-7-15(14)16-8-5-10-23-19(16)17/h3-8,10,12,18H,9,11,13,22H2,1-2H3. The number of fused-ring (bicyclic) bond motifs is 3. The average molecular weight is 333 g/mol. The third-order valence-electron chi connectivity index (χ3n) is 5.44. The first-order chi connectivity index (χ1) is 12.0. The van der Waals surface area contributed by atoms with Crippen LogP contribution in [0.1, 0.15) is 30.6 Å². The zero-order valence-corrected chi connectivity index (χ0v) is 14.7. The molecule has 1 fully saturated rings. The van der Waals surface area contributed by atoms with E-state index in [2.05, 4.69) is 31.0 Å². The zero-order valence-electron chi connectivity index (χ0n) is 14.7. The van der Waals surface area contributed by atoms with Crippen molar-refractivity contribution in [3.05, 3.63) is 54.2 Å². The van der Waals surface area contributed by atoms with Crippen LogP contribution in [0.2, 0.25) is 0 Å². The summed E-state index contributed by atoms with van der Waals surface area (Å²) in [7, 11) is 0. The number of nitrogens with two attached hydrogens (primary N) is 1. The number of likely N-dealkylation sites (tertiary alicyclic amines) is 1. The molecule has 25 heavy (non-hydrogen) atoms. The van der Waals surface area contributed by atoms with Crippen molar-refractivity contribution in [1.82, 2.24) is 9.88 Å². The van der Waals surface area contributed by atoms with E-state index in [0.29, 0.717) is 18.7 Å². The van der Waals surface area contributed by atoms with Gasteiger partial charge < -0.3 is 10.6 Å². The van der Waals surface area contributed by atoms with Crippen molar-refractivity contribution in [2.45, 2.75) is 26.3 Å². The predicted molar refractivity (Wildman–Crippen MR) is 102 cm³/mol. The molecule has 1 amide bonds. The molecule has 1 saturated heterocycles. The molecular formula is C21H23N3O. The highest BCUT2D eigenvalue weighted by Gasteiger charge is 2.36. The second kappa shape index (κ2) is 5.81. The SMILES string of the molecule is CC1(C)CN(C(=O)c2cc3ccccc3c3cccnc23)CCC1N. The van der Waals surface area contributed by atoms with Gasteiger partial charge in [0.1, 0.15) is 0 Å². The van der Waals surface area contributed by atoms with Crippen molar-refractivity contribution < 1.29 is 4.79 Å². The quantitative estimate of drug-likeness (QED) is 0.692. The highest BCUT2D eigenvalue weighted by molar-refractivity contribution is 6.15. The smallest absolute Gasteiger partial charge is 0.256 e. The molecule has 0 saturated carbocycles. The van der Waals surface area contributed by atoms with E-state index < -0.39 is 0 Å². The lowest BCUT2D eigenvalue weighted by Gasteiger charge is -2.42. The highest BCUT2D eigenvalue weighted by Crippen LogP contribution is 2.31. The van der Waals surface area contributed by atoms with E-state index in [9.17, 15) is 4.79 Å². The van der Waals surface area contributed by atoms with E-state index in [1.54, 1.807) is 6.20 Å². The molecule has 0 radical (unpaired) electrons. The number of hydrogen-bond acceptors (Lipinski definition) is 3. The van der Waals surface area contributed by atoms with Gasteiger partial charge in [0.15, 0.2) is 0 Å². The van der Waals surface area contributed by atoms with Crippen LogP contribution in [0.5, 0.6) is 0 Å². The molecule has 4 nitrogen and oxygen atoms in total. The summed E-state index contributed by atoms with van der Waals surface area (Å²) in [5, 5.41) is 3.22. The van der Waals surface area contributed by atoms with Gasteiger partial charge in [0.05, 0.1) is 11.1 Å². The van der Waals surface area contributed by atoms with Gasteiger partial charge in [-0.3, -0.25) is 9.78 Å². The van der Waals surface area contributed by atoms with Crippen LogP contribution in [0.4, 0.5) is 0 Å². The monoisotopic (exact) mass is 333 g/mol. The van der Waals surface area contributed by atoms with Gasteiger partial charge in [-0.25, -0.2) is 0 Å². The molecule has 1 atom stereocenters. The van der Waals surface area contributed by atoms with Crippen molar-refractivity contribution in [3.63, 3.8) is 0 Å². The second-order valence-corrected chi connectivity index (χ2v) is 7.66. The lowest BCUT2D eigenvalue weighted by atomic mass is 9.79. The van der Waals surface area contributed by atoms with Crippen molar-refractivity contribution in [2.75, 3.05) is 13.1 Å². The Morgan fingerprint density at radius 1 is 1.20 bits per heavy atom. The third-order valence-corrected chi connectivity index (χ3v) is 5.44. The molecule has 1 unspecified atom stereocenters. The van der Waals surface area contributed by atoms with Crippen molar-refractivity contribution in [1.29, 1.82) is 0 Å². The lowest BCUT2D eigenvalue weighted by molar-refractivity contribution is 0.0535. The maximum atomic E-state index is 13.3. The number of carbonyl (C=O) groups is 1. The molecule has 1 aromatic heterocycles. The molecule has 1 aliphatic heterocycles. The fraction of sp³-hybridized carbons (Fsp3) is 0.333. The van der Waals surface area contributed by atoms with Gasteiger partial charge in [-0.05, 0) is 34.7 Å². The predicted octanol–water partition coefficient (Wildman–Crippen LogP) is 3.59. The Bertz CT molecular complexity index is 964. The number of aromatic nitrogens is 1. The summed E-state index contributed by atoms with van der Waals surface area (Å²) in [5.74, 6) is 0.0504. The minimum Gasteiger partial charge on any atom is -0.338 e. The van der Waals surface area contributed by atoms with E-state index in [-0.39, 0.29) is 17.4 Å². The summed E-state index contributed by atoms with van der Waals surface area (Å²) in [6.45, 7) is 5.64. The summed E-state index contributed by atoms with van der Waals surface area (Å²) in [6.07, 6.45) is 2.58. The molecule has 4 rings (SSSR count). The summed E-state index contributed by atoms with van der Waals surface area (Å²) in [4.78, 5) is 19.8. The molecule has 2 heterocycles. The molecule has 3 aromatic rings. The molecule has 2 N–H and O–H groups in total. The number of hydrogen-bond donors (Lipinski definition) is 1. The normalized spacial score (nSPS) is 20.1.